The normalized spacial score (nSPS) is 22.4. The largest absolute Gasteiger partial charge is 0.395 e. The van der Waals surface area contributed by atoms with Crippen molar-refractivity contribution in [3.8, 4) is 0 Å². The summed E-state index contributed by atoms with van der Waals surface area (Å²) in [5.41, 5.74) is 1.17. The number of rotatable bonds is 3. The third-order valence-corrected chi connectivity index (χ3v) is 3.59. The molecule has 1 aliphatic heterocycles. The standard InChI is InChI=1S/C13H19ClN2O/c14-13-8-11(5-6-15-13)9-16-7-3-1-2-4-12(16)10-17/h5-6,8,12,17H,1-4,7,9-10H2. The highest BCUT2D eigenvalue weighted by molar-refractivity contribution is 6.29. The summed E-state index contributed by atoms with van der Waals surface area (Å²) in [7, 11) is 0. The zero-order chi connectivity index (χ0) is 12.1. The van der Waals surface area contributed by atoms with Crippen LogP contribution in [0.15, 0.2) is 18.3 Å². The van der Waals surface area contributed by atoms with Gasteiger partial charge < -0.3 is 5.11 Å². The lowest BCUT2D eigenvalue weighted by atomic mass is 10.1. The van der Waals surface area contributed by atoms with E-state index >= 15 is 0 Å². The van der Waals surface area contributed by atoms with Gasteiger partial charge in [0.05, 0.1) is 6.61 Å². The molecule has 1 aromatic heterocycles. The average molecular weight is 255 g/mol. The number of aliphatic hydroxyl groups excluding tert-OH is 1. The molecule has 1 fully saturated rings. The van der Waals surface area contributed by atoms with Crippen LogP contribution in [0.2, 0.25) is 5.15 Å². The second-order valence-corrected chi connectivity index (χ2v) is 5.03. The van der Waals surface area contributed by atoms with E-state index in [1.165, 1.54) is 24.8 Å². The Morgan fingerprint density at radius 2 is 2.29 bits per heavy atom. The average Bonchev–Trinajstić information content (AvgIpc) is 2.54. The summed E-state index contributed by atoms with van der Waals surface area (Å²) in [5.74, 6) is 0. The Labute approximate surface area is 107 Å². The third-order valence-electron chi connectivity index (χ3n) is 3.39. The second-order valence-electron chi connectivity index (χ2n) is 4.64. The van der Waals surface area contributed by atoms with Gasteiger partial charge in [-0.05, 0) is 37.1 Å². The van der Waals surface area contributed by atoms with Crippen LogP contribution in [-0.4, -0.2) is 34.2 Å². The van der Waals surface area contributed by atoms with Crippen LogP contribution in [0.1, 0.15) is 31.2 Å². The van der Waals surface area contributed by atoms with Crippen molar-refractivity contribution in [2.75, 3.05) is 13.2 Å². The maximum atomic E-state index is 9.44. The minimum absolute atomic E-state index is 0.249. The van der Waals surface area contributed by atoms with E-state index in [4.69, 9.17) is 11.6 Å². The minimum atomic E-state index is 0.249. The summed E-state index contributed by atoms with van der Waals surface area (Å²) >= 11 is 5.89. The highest BCUT2D eigenvalue weighted by atomic mass is 35.5. The fourth-order valence-corrected chi connectivity index (χ4v) is 2.62. The number of aromatic nitrogens is 1. The molecule has 0 aliphatic carbocycles. The quantitative estimate of drug-likeness (QED) is 0.842. The third kappa shape index (κ3) is 3.66. The fraction of sp³-hybridized carbons (Fsp3) is 0.615. The molecule has 2 rings (SSSR count). The van der Waals surface area contributed by atoms with Crippen LogP contribution in [0.25, 0.3) is 0 Å². The van der Waals surface area contributed by atoms with Crippen LogP contribution in [0.4, 0.5) is 0 Å². The summed E-state index contributed by atoms with van der Waals surface area (Å²) in [6.45, 7) is 2.16. The molecule has 3 nitrogen and oxygen atoms in total. The first-order valence-corrected chi connectivity index (χ1v) is 6.63. The monoisotopic (exact) mass is 254 g/mol. The SMILES string of the molecule is OCC1CCCCCN1Cc1ccnc(Cl)c1. The van der Waals surface area contributed by atoms with Crippen LogP contribution >= 0.6 is 11.6 Å². The van der Waals surface area contributed by atoms with Crippen molar-refractivity contribution in [3.63, 3.8) is 0 Å². The van der Waals surface area contributed by atoms with Crippen molar-refractivity contribution < 1.29 is 5.11 Å². The summed E-state index contributed by atoms with van der Waals surface area (Å²) in [4.78, 5) is 6.35. The Morgan fingerprint density at radius 1 is 1.41 bits per heavy atom. The Balaban J connectivity index is 2.04. The molecule has 0 amide bonds. The van der Waals surface area contributed by atoms with Gasteiger partial charge in [-0.1, -0.05) is 24.4 Å². The summed E-state index contributed by atoms with van der Waals surface area (Å²) < 4.78 is 0. The van der Waals surface area contributed by atoms with Gasteiger partial charge in [0.25, 0.3) is 0 Å². The molecule has 1 atom stereocenters. The van der Waals surface area contributed by atoms with Gasteiger partial charge in [0, 0.05) is 18.8 Å². The van der Waals surface area contributed by atoms with E-state index in [0.29, 0.717) is 11.2 Å². The Kier molecular flexibility index (Phi) is 4.77. The van der Waals surface area contributed by atoms with Crippen molar-refractivity contribution >= 4 is 11.6 Å². The van der Waals surface area contributed by atoms with Crippen LogP contribution in [0.3, 0.4) is 0 Å². The van der Waals surface area contributed by atoms with Gasteiger partial charge in [0.15, 0.2) is 0 Å². The van der Waals surface area contributed by atoms with Crippen molar-refractivity contribution in [1.82, 2.24) is 9.88 Å². The number of nitrogens with zero attached hydrogens (tertiary/aromatic N) is 2. The molecule has 0 saturated carbocycles. The van der Waals surface area contributed by atoms with E-state index < -0.39 is 0 Å². The summed E-state index contributed by atoms with van der Waals surface area (Å²) in [6.07, 6.45) is 6.54. The Bertz CT molecular complexity index is 359. The van der Waals surface area contributed by atoms with Crippen molar-refractivity contribution in [3.05, 3.63) is 29.0 Å². The molecule has 4 heteroatoms. The molecule has 2 heterocycles. The lowest BCUT2D eigenvalue weighted by Crippen LogP contribution is -2.36. The van der Waals surface area contributed by atoms with Crippen molar-refractivity contribution in [1.29, 1.82) is 0 Å². The molecule has 0 spiro atoms. The predicted molar refractivity (Wildman–Crippen MR) is 69.0 cm³/mol. The molecule has 0 aromatic carbocycles. The zero-order valence-corrected chi connectivity index (χ0v) is 10.7. The molecule has 1 aliphatic rings. The van der Waals surface area contributed by atoms with Crippen molar-refractivity contribution in [2.45, 2.75) is 38.3 Å². The summed E-state index contributed by atoms with van der Waals surface area (Å²) in [6, 6.07) is 4.19. The molecule has 17 heavy (non-hydrogen) atoms. The second kappa shape index (κ2) is 6.34. The molecular formula is C13H19ClN2O. The maximum Gasteiger partial charge on any atom is 0.129 e. The zero-order valence-electron chi connectivity index (χ0n) is 9.98. The molecule has 94 valence electrons. The first-order valence-electron chi connectivity index (χ1n) is 6.25. The Morgan fingerprint density at radius 3 is 3.06 bits per heavy atom. The van der Waals surface area contributed by atoms with Gasteiger partial charge in [-0.2, -0.15) is 0 Å². The molecule has 0 bridgehead atoms. The number of hydrogen-bond acceptors (Lipinski definition) is 3. The van der Waals surface area contributed by atoms with Crippen LogP contribution in [0.5, 0.6) is 0 Å². The van der Waals surface area contributed by atoms with Gasteiger partial charge in [-0.15, -0.1) is 0 Å². The van der Waals surface area contributed by atoms with Gasteiger partial charge in [0.1, 0.15) is 5.15 Å². The predicted octanol–water partition coefficient (Wildman–Crippen LogP) is 2.47. The fourth-order valence-electron chi connectivity index (χ4n) is 2.43. The summed E-state index contributed by atoms with van der Waals surface area (Å²) in [5, 5.41) is 9.98. The number of aliphatic hydroxyl groups is 1. The number of likely N-dealkylation sites (tertiary alicyclic amines) is 1. The van der Waals surface area contributed by atoms with Crippen LogP contribution in [0, 0.1) is 0 Å². The van der Waals surface area contributed by atoms with Gasteiger partial charge >= 0.3 is 0 Å². The molecule has 1 unspecified atom stereocenters. The molecule has 0 radical (unpaired) electrons. The van der Waals surface area contributed by atoms with Crippen LogP contribution < -0.4 is 0 Å². The van der Waals surface area contributed by atoms with E-state index in [1.54, 1.807) is 6.20 Å². The topological polar surface area (TPSA) is 36.4 Å². The maximum absolute atomic E-state index is 9.44. The number of halogens is 1. The van der Waals surface area contributed by atoms with E-state index in [9.17, 15) is 5.11 Å². The first kappa shape index (κ1) is 12.8. The van der Waals surface area contributed by atoms with Crippen molar-refractivity contribution in [2.24, 2.45) is 0 Å². The van der Waals surface area contributed by atoms with E-state index in [2.05, 4.69) is 9.88 Å². The van der Waals surface area contributed by atoms with Gasteiger partial charge in [-0.25, -0.2) is 4.98 Å². The highest BCUT2D eigenvalue weighted by Gasteiger charge is 2.20. The Hall–Kier alpha value is -0.640. The highest BCUT2D eigenvalue weighted by Crippen LogP contribution is 2.19. The van der Waals surface area contributed by atoms with Gasteiger partial charge in [0.2, 0.25) is 0 Å². The number of pyridine rings is 1. The van der Waals surface area contributed by atoms with E-state index in [-0.39, 0.29) is 6.61 Å². The minimum Gasteiger partial charge on any atom is -0.395 e. The molecule has 1 saturated heterocycles. The van der Waals surface area contributed by atoms with E-state index in [1.807, 2.05) is 12.1 Å². The first-order chi connectivity index (χ1) is 8.29. The number of hydrogen-bond donors (Lipinski definition) is 1. The lowest BCUT2D eigenvalue weighted by Gasteiger charge is -2.28. The molecule has 1 N–H and O–H groups in total. The van der Waals surface area contributed by atoms with E-state index in [0.717, 1.165) is 19.5 Å². The van der Waals surface area contributed by atoms with Crippen LogP contribution in [-0.2, 0) is 6.54 Å². The smallest absolute Gasteiger partial charge is 0.129 e. The molecule has 1 aromatic rings. The lowest BCUT2D eigenvalue weighted by molar-refractivity contribution is 0.118. The van der Waals surface area contributed by atoms with Gasteiger partial charge in [-0.3, -0.25) is 4.90 Å². The molecular weight excluding hydrogens is 236 g/mol.